The molecule has 0 radical (unpaired) electrons. The van der Waals surface area contributed by atoms with Crippen LogP contribution in [0.5, 0.6) is 0 Å². The minimum atomic E-state index is -1.34. The lowest BCUT2D eigenvalue weighted by atomic mass is 10.2. The second-order valence-corrected chi connectivity index (χ2v) is 7.08. The van der Waals surface area contributed by atoms with Gasteiger partial charge in [0.25, 0.3) is 5.56 Å². The summed E-state index contributed by atoms with van der Waals surface area (Å²) < 4.78 is 7.64. The van der Waals surface area contributed by atoms with Gasteiger partial charge in [0, 0.05) is 7.05 Å². The van der Waals surface area contributed by atoms with E-state index in [1.807, 2.05) is 0 Å². The number of hydrogen-bond donors (Lipinski definition) is 2. The Balaban J connectivity index is 2.79. The van der Waals surface area contributed by atoms with Crippen molar-refractivity contribution in [1.82, 2.24) is 19.1 Å². The van der Waals surface area contributed by atoms with Crippen LogP contribution in [0, 0.1) is 0 Å². The van der Waals surface area contributed by atoms with Crippen molar-refractivity contribution in [2.45, 2.75) is 53.1 Å². The zero-order valence-corrected chi connectivity index (χ0v) is 17.7. The maximum Gasteiger partial charge on any atom is 0.336 e. The lowest BCUT2D eigenvalue weighted by molar-refractivity contribution is -0.914. The Morgan fingerprint density at radius 2 is 1.79 bits per heavy atom. The zero-order chi connectivity index (χ0) is 21.7. The molecule has 0 aliphatic rings. The molecule has 2 N–H and O–H groups in total. The average Bonchev–Trinajstić information content (AvgIpc) is 3.00. The molecular formula is C19H30N5O5+. The number of ether oxygens (including phenoxy) is 1. The summed E-state index contributed by atoms with van der Waals surface area (Å²) in [5, 5.41) is 0. The highest BCUT2D eigenvalue weighted by Crippen LogP contribution is 2.20. The zero-order valence-electron chi connectivity index (χ0n) is 17.7. The van der Waals surface area contributed by atoms with Gasteiger partial charge in [-0.2, -0.15) is 0 Å². The van der Waals surface area contributed by atoms with E-state index in [-0.39, 0.29) is 17.8 Å². The smallest absolute Gasteiger partial charge is 0.336 e. The molecule has 0 aliphatic carbocycles. The SMILES string of the molecule is CCC[NH+](CCC)Cc1nc2c(c(=O)[nH]c(=O)n2C)n1[C@@H](C(C)=O)C(=O)OCC. The van der Waals surface area contributed by atoms with Crippen molar-refractivity contribution in [2.24, 2.45) is 7.05 Å². The Morgan fingerprint density at radius 1 is 1.17 bits per heavy atom. The van der Waals surface area contributed by atoms with Gasteiger partial charge in [0.2, 0.25) is 0 Å². The van der Waals surface area contributed by atoms with Crippen molar-refractivity contribution in [2.75, 3.05) is 19.7 Å². The van der Waals surface area contributed by atoms with Crippen molar-refractivity contribution in [3.63, 3.8) is 0 Å². The molecule has 0 saturated heterocycles. The molecule has 2 heterocycles. The second-order valence-electron chi connectivity index (χ2n) is 7.08. The van der Waals surface area contributed by atoms with E-state index in [1.54, 1.807) is 6.92 Å². The van der Waals surface area contributed by atoms with Gasteiger partial charge in [0.05, 0.1) is 19.7 Å². The number of aromatic amines is 1. The number of esters is 1. The van der Waals surface area contributed by atoms with Gasteiger partial charge >= 0.3 is 11.7 Å². The number of Topliss-reactive ketones (excluding diaryl/α,β-unsaturated/α-hetero) is 1. The first-order chi connectivity index (χ1) is 13.8. The summed E-state index contributed by atoms with van der Waals surface area (Å²) in [4.78, 5) is 57.6. The molecule has 2 aromatic rings. The van der Waals surface area contributed by atoms with Crippen molar-refractivity contribution in [3.8, 4) is 0 Å². The Kier molecular flexibility index (Phi) is 7.49. The number of fused-ring (bicyclic) bond motifs is 1. The third-order valence-corrected chi connectivity index (χ3v) is 4.79. The number of hydrogen-bond acceptors (Lipinski definition) is 6. The van der Waals surface area contributed by atoms with Crippen molar-refractivity contribution in [3.05, 3.63) is 26.7 Å². The van der Waals surface area contributed by atoms with E-state index in [4.69, 9.17) is 4.74 Å². The first-order valence-electron chi connectivity index (χ1n) is 9.97. The van der Waals surface area contributed by atoms with Gasteiger partial charge in [-0.3, -0.25) is 23.7 Å². The maximum atomic E-state index is 12.6. The molecule has 10 nitrogen and oxygen atoms in total. The van der Waals surface area contributed by atoms with Crippen molar-refractivity contribution >= 4 is 22.9 Å². The number of quaternary nitrogens is 1. The van der Waals surface area contributed by atoms with Crippen LogP contribution < -0.4 is 16.1 Å². The number of nitrogens with zero attached hydrogens (tertiary/aromatic N) is 3. The van der Waals surface area contributed by atoms with Crippen LogP contribution in [-0.2, 0) is 27.9 Å². The molecule has 2 aromatic heterocycles. The summed E-state index contributed by atoms with van der Waals surface area (Å²) >= 11 is 0. The van der Waals surface area contributed by atoms with Gasteiger partial charge in [-0.05, 0) is 26.7 Å². The lowest BCUT2D eigenvalue weighted by Crippen LogP contribution is -3.10. The van der Waals surface area contributed by atoms with Gasteiger partial charge in [0.1, 0.15) is 6.54 Å². The highest BCUT2D eigenvalue weighted by molar-refractivity contribution is 6.01. The van der Waals surface area contributed by atoms with Crippen LogP contribution in [0.15, 0.2) is 9.59 Å². The Labute approximate surface area is 168 Å². The Hall–Kier alpha value is -2.75. The second kappa shape index (κ2) is 9.64. The summed E-state index contributed by atoms with van der Waals surface area (Å²) in [6, 6.07) is -1.34. The highest BCUT2D eigenvalue weighted by Gasteiger charge is 2.33. The van der Waals surface area contributed by atoms with Crippen LogP contribution in [0.4, 0.5) is 0 Å². The largest absolute Gasteiger partial charge is 0.464 e. The molecule has 0 saturated carbocycles. The Morgan fingerprint density at radius 3 is 2.31 bits per heavy atom. The standard InChI is InChI=1S/C19H29N5O5/c1-6-9-23(10-7-2)11-13-20-16-15(17(26)21-19(28)22(16)5)24(13)14(12(4)25)18(27)29-8-3/h14H,6-11H2,1-5H3,(H,21,26,28)/p+1/t14-/m0/s1. The third kappa shape index (κ3) is 4.64. The van der Waals surface area contributed by atoms with Gasteiger partial charge in [0.15, 0.2) is 28.8 Å². The molecule has 2 rings (SSSR count). The fourth-order valence-corrected chi connectivity index (χ4v) is 3.56. The normalized spacial score (nSPS) is 12.5. The van der Waals surface area contributed by atoms with Crippen LogP contribution >= 0.6 is 0 Å². The highest BCUT2D eigenvalue weighted by atomic mass is 16.5. The van der Waals surface area contributed by atoms with Gasteiger partial charge in [-0.1, -0.05) is 13.8 Å². The molecule has 0 bridgehead atoms. The van der Waals surface area contributed by atoms with Crippen LogP contribution in [0.25, 0.3) is 11.2 Å². The number of carbonyl (C=O) groups excluding carboxylic acids is 2. The van der Waals surface area contributed by atoms with Crippen LogP contribution in [-0.4, -0.2) is 50.6 Å². The topological polar surface area (TPSA) is 120 Å². The minimum absolute atomic E-state index is 0.0164. The van der Waals surface area contributed by atoms with Crippen molar-refractivity contribution in [1.29, 1.82) is 0 Å². The number of imidazole rings is 1. The molecule has 1 atom stereocenters. The van der Waals surface area contributed by atoms with E-state index in [1.165, 1.54) is 28.0 Å². The third-order valence-electron chi connectivity index (χ3n) is 4.79. The molecule has 0 unspecified atom stereocenters. The van der Waals surface area contributed by atoms with E-state index in [9.17, 15) is 19.2 Å². The van der Waals surface area contributed by atoms with E-state index in [2.05, 4.69) is 23.8 Å². The molecule has 0 aromatic carbocycles. The predicted octanol–water partition coefficient (Wildman–Crippen LogP) is -0.679. The number of aromatic nitrogens is 4. The number of aryl methyl sites for hydroxylation is 1. The first kappa shape index (κ1) is 22.5. The fourth-order valence-electron chi connectivity index (χ4n) is 3.56. The number of ketones is 1. The van der Waals surface area contributed by atoms with E-state index in [0.717, 1.165) is 25.9 Å². The first-order valence-corrected chi connectivity index (χ1v) is 9.97. The van der Waals surface area contributed by atoms with E-state index >= 15 is 0 Å². The molecule has 0 spiro atoms. The molecule has 160 valence electrons. The summed E-state index contributed by atoms with van der Waals surface area (Å²) in [5.74, 6) is -0.817. The Bertz CT molecular complexity index is 997. The van der Waals surface area contributed by atoms with Gasteiger partial charge in [-0.25, -0.2) is 14.6 Å². The number of H-pyrrole nitrogens is 1. The summed E-state index contributed by atoms with van der Waals surface area (Å²) in [7, 11) is 1.48. The maximum absolute atomic E-state index is 12.6. The number of carbonyl (C=O) groups is 2. The van der Waals surface area contributed by atoms with Crippen LogP contribution in [0.3, 0.4) is 0 Å². The number of rotatable bonds is 10. The number of nitrogens with one attached hydrogen (secondary N) is 2. The predicted molar refractivity (Wildman–Crippen MR) is 107 cm³/mol. The molecule has 10 heteroatoms. The molecular weight excluding hydrogens is 378 g/mol. The van der Waals surface area contributed by atoms with Crippen LogP contribution in [0.2, 0.25) is 0 Å². The molecule has 29 heavy (non-hydrogen) atoms. The lowest BCUT2D eigenvalue weighted by Gasteiger charge is -2.21. The summed E-state index contributed by atoms with van der Waals surface area (Å²) in [5.41, 5.74) is -1.15. The summed E-state index contributed by atoms with van der Waals surface area (Å²) in [6.07, 6.45) is 1.89. The van der Waals surface area contributed by atoms with E-state index < -0.39 is 29.0 Å². The quantitative estimate of drug-likeness (QED) is 0.397. The van der Waals surface area contributed by atoms with Crippen molar-refractivity contribution < 1.29 is 19.2 Å². The fraction of sp³-hybridized carbons (Fsp3) is 0.632. The average molecular weight is 408 g/mol. The molecule has 0 amide bonds. The van der Waals surface area contributed by atoms with Gasteiger partial charge in [-0.15, -0.1) is 0 Å². The minimum Gasteiger partial charge on any atom is -0.464 e. The summed E-state index contributed by atoms with van der Waals surface area (Å²) in [6.45, 7) is 9.32. The van der Waals surface area contributed by atoms with Crippen LogP contribution in [0.1, 0.15) is 52.4 Å². The monoisotopic (exact) mass is 408 g/mol. The van der Waals surface area contributed by atoms with Gasteiger partial charge < -0.3 is 9.64 Å². The van der Waals surface area contributed by atoms with E-state index in [0.29, 0.717) is 12.4 Å². The molecule has 0 fully saturated rings. The molecule has 0 aliphatic heterocycles.